The Morgan fingerprint density at radius 3 is 2.11 bits per heavy atom. The maximum Gasteiger partial charge on any atom is 0.516 e. The highest BCUT2D eigenvalue weighted by molar-refractivity contribution is 7.90. The number of rotatable bonds is 6. The van der Waals surface area contributed by atoms with E-state index in [-0.39, 0.29) is 17.7 Å². The molecular weight excluding hydrogens is 516 g/mol. The Labute approximate surface area is 203 Å². The molecule has 1 unspecified atom stereocenters. The van der Waals surface area contributed by atoms with Crippen LogP contribution in [0.2, 0.25) is 0 Å². The summed E-state index contributed by atoms with van der Waals surface area (Å²) in [5, 5.41) is 4.79. The van der Waals surface area contributed by atoms with Gasteiger partial charge in [-0.2, -0.15) is 34.8 Å². The van der Waals surface area contributed by atoms with Crippen LogP contribution >= 0.6 is 0 Å². The van der Waals surface area contributed by atoms with Gasteiger partial charge in [0.15, 0.2) is 0 Å². The first-order valence-electron chi connectivity index (χ1n) is 10.2. The number of hydrogen-bond donors (Lipinski definition) is 3. The molecule has 0 saturated heterocycles. The number of anilines is 1. The van der Waals surface area contributed by atoms with Gasteiger partial charge in [0, 0.05) is 11.8 Å². The lowest BCUT2D eigenvalue weighted by molar-refractivity contribution is -0.137. The highest BCUT2D eigenvalue weighted by Crippen LogP contribution is 2.29. The minimum Gasteiger partial charge on any atom is -0.330 e. The first kappa shape index (κ1) is 28.9. The van der Waals surface area contributed by atoms with Crippen molar-refractivity contribution in [2.75, 3.05) is 5.32 Å². The first-order valence-corrected chi connectivity index (χ1v) is 11.7. The van der Waals surface area contributed by atoms with Gasteiger partial charge in [0.1, 0.15) is 6.17 Å². The number of nitrogens with zero attached hydrogens (tertiary/aromatic N) is 2. The summed E-state index contributed by atoms with van der Waals surface area (Å²) in [5.74, 6) is -1.73. The van der Waals surface area contributed by atoms with Crippen molar-refractivity contribution in [3.8, 4) is 0 Å². The van der Waals surface area contributed by atoms with Crippen molar-refractivity contribution < 1.29 is 39.6 Å². The van der Waals surface area contributed by atoms with Crippen molar-refractivity contribution in [2.45, 2.75) is 45.0 Å². The average molecular weight is 540 g/mol. The molecule has 1 amide bonds. The Morgan fingerprint density at radius 1 is 1.03 bits per heavy atom. The van der Waals surface area contributed by atoms with Crippen LogP contribution in [0, 0.1) is 5.41 Å². The van der Waals surface area contributed by atoms with Crippen LogP contribution in [0.4, 0.5) is 32.0 Å². The number of amides is 1. The molecule has 0 bridgehead atoms. The second-order valence-corrected chi connectivity index (χ2v) is 10.4. The number of aromatic nitrogens is 1. The standard InChI is InChI=1S/C21H23F6N5O3S/c1-19(2,3)11-16(30-17(33)13-6-8-14(9-7-13)20(22,23)24)31-18(29-15-5-4-10-28-12-15)32-36(34,35)21(25,26)27/h4-10,12,16H,11H2,1-3H3,(H,30,33)(H2,29,31,32). The fraction of sp³-hybridized carbons (Fsp3) is 0.381. The maximum atomic E-state index is 13.0. The largest absolute Gasteiger partial charge is 0.516 e. The van der Waals surface area contributed by atoms with E-state index in [0.717, 1.165) is 12.1 Å². The van der Waals surface area contributed by atoms with Crippen LogP contribution in [0.1, 0.15) is 43.1 Å². The molecule has 0 radical (unpaired) electrons. The summed E-state index contributed by atoms with van der Waals surface area (Å²) >= 11 is 0. The van der Waals surface area contributed by atoms with Gasteiger partial charge in [-0.15, -0.1) is 0 Å². The van der Waals surface area contributed by atoms with E-state index in [1.165, 1.54) is 29.2 Å². The van der Waals surface area contributed by atoms with E-state index >= 15 is 0 Å². The molecule has 0 aliphatic rings. The lowest BCUT2D eigenvalue weighted by Gasteiger charge is -2.25. The minimum absolute atomic E-state index is 0.0192. The van der Waals surface area contributed by atoms with Gasteiger partial charge in [-0.3, -0.25) is 9.78 Å². The number of benzene rings is 1. The van der Waals surface area contributed by atoms with Gasteiger partial charge in [0.05, 0.1) is 17.4 Å². The zero-order valence-electron chi connectivity index (χ0n) is 19.2. The lowest BCUT2D eigenvalue weighted by atomic mass is 9.90. The molecule has 8 nitrogen and oxygen atoms in total. The number of halogens is 6. The van der Waals surface area contributed by atoms with E-state index in [2.05, 4.69) is 20.6 Å². The molecule has 36 heavy (non-hydrogen) atoms. The van der Waals surface area contributed by atoms with Crippen molar-refractivity contribution in [2.24, 2.45) is 10.4 Å². The summed E-state index contributed by atoms with van der Waals surface area (Å²) in [6.45, 7) is 5.19. The number of carbonyl (C=O) groups is 1. The molecular formula is C21H23F6N5O3S. The Hall–Kier alpha value is -3.36. The fourth-order valence-electron chi connectivity index (χ4n) is 2.75. The van der Waals surface area contributed by atoms with Gasteiger partial charge in [-0.05, 0) is 48.2 Å². The van der Waals surface area contributed by atoms with Gasteiger partial charge >= 0.3 is 21.7 Å². The molecule has 15 heteroatoms. The SMILES string of the molecule is CC(C)(C)CC(N=C(Nc1cccnc1)NS(=O)(=O)C(F)(F)F)NC(=O)c1ccc(C(F)(F)F)cc1. The van der Waals surface area contributed by atoms with Crippen LogP contribution in [-0.4, -0.2) is 36.9 Å². The van der Waals surface area contributed by atoms with E-state index in [1.807, 2.05) is 0 Å². The number of hydrogen-bond acceptors (Lipinski definition) is 5. The smallest absolute Gasteiger partial charge is 0.330 e. The molecule has 2 aromatic rings. The molecule has 1 aromatic carbocycles. The van der Waals surface area contributed by atoms with E-state index in [9.17, 15) is 39.6 Å². The third kappa shape index (κ3) is 8.70. The van der Waals surface area contributed by atoms with Crippen LogP contribution in [0.3, 0.4) is 0 Å². The van der Waals surface area contributed by atoms with Crippen molar-refractivity contribution in [3.05, 3.63) is 59.9 Å². The highest BCUT2D eigenvalue weighted by atomic mass is 32.2. The number of alkyl halides is 6. The average Bonchev–Trinajstić information content (AvgIpc) is 2.71. The van der Waals surface area contributed by atoms with Crippen molar-refractivity contribution in [3.63, 3.8) is 0 Å². The van der Waals surface area contributed by atoms with E-state index in [4.69, 9.17) is 0 Å². The van der Waals surface area contributed by atoms with Crippen LogP contribution in [0.15, 0.2) is 53.8 Å². The number of nitrogens with one attached hydrogen (secondary N) is 3. The third-order valence-corrected chi connectivity index (χ3v) is 5.39. The second kappa shape index (κ2) is 10.7. The summed E-state index contributed by atoms with van der Waals surface area (Å²) in [4.78, 5) is 20.4. The normalized spacial score (nSPS) is 14.2. The van der Waals surface area contributed by atoms with Gasteiger partial charge in [0.25, 0.3) is 5.91 Å². The summed E-state index contributed by atoms with van der Waals surface area (Å²) in [6, 6.07) is 6.06. The Morgan fingerprint density at radius 2 is 1.64 bits per heavy atom. The summed E-state index contributed by atoms with van der Waals surface area (Å²) < 4.78 is 102. The Kier molecular flexibility index (Phi) is 8.60. The lowest BCUT2D eigenvalue weighted by Crippen LogP contribution is -2.45. The molecule has 0 fully saturated rings. The highest BCUT2D eigenvalue weighted by Gasteiger charge is 2.46. The topological polar surface area (TPSA) is 113 Å². The second-order valence-electron chi connectivity index (χ2n) is 8.72. The van der Waals surface area contributed by atoms with Crippen LogP contribution < -0.4 is 15.4 Å². The number of aliphatic imine (C=N–C) groups is 1. The molecule has 1 aromatic heterocycles. The molecule has 198 valence electrons. The maximum absolute atomic E-state index is 13.0. The summed E-state index contributed by atoms with van der Waals surface area (Å²) in [5.41, 5.74) is -7.29. The van der Waals surface area contributed by atoms with E-state index < -0.39 is 50.7 Å². The molecule has 0 aliphatic heterocycles. The fourth-order valence-corrected chi connectivity index (χ4v) is 3.23. The number of carbonyl (C=O) groups excluding carboxylic acids is 1. The van der Waals surface area contributed by atoms with Crippen molar-refractivity contribution in [1.82, 2.24) is 15.0 Å². The molecule has 0 saturated carbocycles. The zero-order chi connectivity index (χ0) is 27.4. The molecule has 1 atom stereocenters. The number of sulfonamides is 1. The monoisotopic (exact) mass is 539 g/mol. The Bertz CT molecular complexity index is 1180. The zero-order valence-corrected chi connectivity index (χ0v) is 20.0. The first-order chi connectivity index (χ1) is 16.4. The predicted molar refractivity (Wildman–Crippen MR) is 120 cm³/mol. The van der Waals surface area contributed by atoms with Crippen molar-refractivity contribution >= 4 is 27.6 Å². The van der Waals surface area contributed by atoms with Gasteiger partial charge in [-0.25, -0.2) is 9.71 Å². The number of pyridine rings is 1. The molecule has 0 aliphatic carbocycles. The van der Waals surface area contributed by atoms with Crippen LogP contribution in [0.25, 0.3) is 0 Å². The van der Waals surface area contributed by atoms with Crippen LogP contribution in [-0.2, 0) is 16.2 Å². The molecule has 1 heterocycles. The summed E-state index contributed by atoms with van der Waals surface area (Å²) in [7, 11) is -5.89. The Balaban J connectivity index is 2.42. The summed E-state index contributed by atoms with van der Waals surface area (Å²) in [6.07, 6.45) is -3.32. The van der Waals surface area contributed by atoms with Gasteiger partial charge in [0.2, 0.25) is 5.96 Å². The molecule has 0 spiro atoms. The van der Waals surface area contributed by atoms with Crippen LogP contribution in [0.5, 0.6) is 0 Å². The van der Waals surface area contributed by atoms with Crippen molar-refractivity contribution in [1.29, 1.82) is 0 Å². The minimum atomic E-state index is -5.89. The molecule has 2 rings (SSSR count). The number of guanidine groups is 1. The quantitative estimate of drug-likeness (QED) is 0.284. The van der Waals surface area contributed by atoms with E-state index in [0.29, 0.717) is 12.1 Å². The predicted octanol–water partition coefficient (Wildman–Crippen LogP) is 4.50. The van der Waals surface area contributed by atoms with E-state index in [1.54, 1.807) is 20.8 Å². The van der Waals surface area contributed by atoms with Gasteiger partial charge < -0.3 is 10.6 Å². The molecule has 3 N–H and O–H groups in total. The third-order valence-electron chi connectivity index (χ3n) is 4.32. The van der Waals surface area contributed by atoms with Gasteiger partial charge in [-0.1, -0.05) is 20.8 Å².